The zero-order valence-corrected chi connectivity index (χ0v) is 9.08. The van der Waals surface area contributed by atoms with Gasteiger partial charge in [-0.05, 0) is 25.8 Å². The Kier molecular flexibility index (Phi) is 3.79. The lowest BCUT2D eigenvalue weighted by Crippen LogP contribution is -2.32. The van der Waals surface area contributed by atoms with Crippen LogP contribution in [0.3, 0.4) is 0 Å². The molecule has 0 atom stereocenters. The van der Waals surface area contributed by atoms with E-state index < -0.39 is 0 Å². The first-order chi connectivity index (χ1) is 6.90. The zero-order chi connectivity index (χ0) is 9.80. The molecule has 2 aliphatic rings. The molecular weight excluding hydrogens is 178 g/mol. The van der Waals surface area contributed by atoms with Crippen LogP contribution in [0.4, 0.5) is 0 Å². The van der Waals surface area contributed by atoms with Crippen molar-refractivity contribution in [2.45, 2.75) is 44.9 Å². The Balaban J connectivity index is 1.63. The lowest BCUT2D eigenvalue weighted by molar-refractivity contribution is -0.182. The molecule has 3 nitrogen and oxygen atoms in total. The van der Waals surface area contributed by atoms with E-state index in [0.717, 1.165) is 45.2 Å². The van der Waals surface area contributed by atoms with E-state index in [1.165, 1.54) is 12.8 Å². The second kappa shape index (κ2) is 5.10. The van der Waals surface area contributed by atoms with Crippen molar-refractivity contribution in [3.8, 4) is 0 Å². The van der Waals surface area contributed by atoms with Crippen LogP contribution < -0.4 is 0 Å². The fraction of sp³-hybridized carbons (Fsp3) is 1.00. The first kappa shape index (κ1) is 10.4. The molecule has 0 aromatic heterocycles. The van der Waals surface area contributed by atoms with Gasteiger partial charge in [0.25, 0.3) is 0 Å². The minimum Gasteiger partial charge on any atom is -0.353 e. The number of hydrogen-bond donors (Lipinski definition) is 0. The molecule has 1 aliphatic heterocycles. The standard InChI is InChI=1S/C11H21NO2/c1-2-12(10-4-5-10)7-6-11-13-8-3-9-14-11/h10-11H,2-9H2,1H3. The predicted octanol–water partition coefficient (Wildman–Crippen LogP) is 1.62. The number of ether oxygens (including phenoxy) is 2. The molecule has 0 bridgehead atoms. The van der Waals surface area contributed by atoms with Crippen LogP contribution in [-0.4, -0.2) is 43.5 Å². The molecule has 0 radical (unpaired) electrons. The number of rotatable bonds is 5. The van der Waals surface area contributed by atoms with Crippen molar-refractivity contribution in [1.29, 1.82) is 0 Å². The summed E-state index contributed by atoms with van der Waals surface area (Å²) in [5.74, 6) is 0. The van der Waals surface area contributed by atoms with E-state index >= 15 is 0 Å². The molecule has 82 valence electrons. The summed E-state index contributed by atoms with van der Waals surface area (Å²) in [5, 5.41) is 0. The number of hydrogen-bond acceptors (Lipinski definition) is 3. The molecule has 1 saturated heterocycles. The first-order valence-corrected chi connectivity index (χ1v) is 5.87. The van der Waals surface area contributed by atoms with Gasteiger partial charge in [0.15, 0.2) is 6.29 Å². The Morgan fingerprint density at radius 2 is 1.93 bits per heavy atom. The monoisotopic (exact) mass is 199 g/mol. The van der Waals surface area contributed by atoms with Crippen molar-refractivity contribution < 1.29 is 9.47 Å². The van der Waals surface area contributed by atoms with Crippen molar-refractivity contribution in [1.82, 2.24) is 4.90 Å². The lowest BCUT2D eigenvalue weighted by atomic mass is 10.3. The molecule has 2 fully saturated rings. The van der Waals surface area contributed by atoms with E-state index in [2.05, 4.69) is 11.8 Å². The fourth-order valence-corrected chi connectivity index (χ4v) is 2.01. The lowest BCUT2D eigenvalue weighted by Gasteiger charge is -2.26. The van der Waals surface area contributed by atoms with Gasteiger partial charge in [-0.2, -0.15) is 0 Å². The van der Waals surface area contributed by atoms with Crippen LogP contribution in [-0.2, 0) is 9.47 Å². The Morgan fingerprint density at radius 3 is 2.50 bits per heavy atom. The van der Waals surface area contributed by atoms with Gasteiger partial charge in [0, 0.05) is 19.0 Å². The molecule has 2 rings (SSSR count). The maximum atomic E-state index is 5.52. The van der Waals surface area contributed by atoms with Crippen LogP contribution in [0.5, 0.6) is 0 Å². The highest BCUT2D eigenvalue weighted by molar-refractivity contribution is 4.83. The summed E-state index contributed by atoms with van der Waals surface area (Å²) >= 11 is 0. The highest BCUT2D eigenvalue weighted by Gasteiger charge is 2.28. The molecule has 1 saturated carbocycles. The summed E-state index contributed by atoms with van der Waals surface area (Å²) in [6.07, 6.45) is 4.93. The number of nitrogens with zero attached hydrogens (tertiary/aromatic N) is 1. The van der Waals surface area contributed by atoms with Gasteiger partial charge in [0.1, 0.15) is 0 Å². The minimum atomic E-state index is 0.0662. The van der Waals surface area contributed by atoms with Crippen LogP contribution in [0.2, 0.25) is 0 Å². The largest absolute Gasteiger partial charge is 0.353 e. The maximum Gasteiger partial charge on any atom is 0.158 e. The second-order valence-corrected chi connectivity index (χ2v) is 4.17. The summed E-state index contributed by atoms with van der Waals surface area (Å²) in [6, 6.07) is 0.864. The second-order valence-electron chi connectivity index (χ2n) is 4.17. The zero-order valence-electron chi connectivity index (χ0n) is 9.08. The van der Waals surface area contributed by atoms with Crippen LogP contribution in [0.25, 0.3) is 0 Å². The van der Waals surface area contributed by atoms with Crippen LogP contribution in [0, 0.1) is 0 Å². The third-order valence-corrected chi connectivity index (χ3v) is 3.02. The van der Waals surface area contributed by atoms with Gasteiger partial charge in [-0.25, -0.2) is 0 Å². The van der Waals surface area contributed by atoms with Crippen LogP contribution >= 0.6 is 0 Å². The molecule has 1 aliphatic carbocycles. The van der Waals surface area contributed by atoms with Crippen molar-refractivity contribution >= 4 is 0 Å². The van der Waals surface area contributed by atoms with Crippen molar-refractivity contribution in [3.63, 3.8) is 0 Å². The van der Waals surface area contributed by atoms with E-state index in [9.17, 15) is 0 Å². The predicted molar refractivity (Wildman–Crippen MR) is 55.2 cm³/mol. The third-order valence-electron chi connectivity index (χ3n) is 3.02. The minimum absolute atomic E-state index is 0.0662. The van der Waals surface area contributed by atoms with E-state index in [4.69, 9.17) is 9.47 Å². The van der Waals surface area contributed by atoms with Gasteiger partial charge in [-0.1, -0.05) is 6.92 Å². The van der Waals surface area contributed by atoms with Gasteiger partial charge >= 0.3 is 0 Å². The van der Waals surface area contributed by atoms with E-state index in [-0.39, 0.29) is 6.29 Å². The average molecular weight is 199 g/mol. The van der Waals surface area contributed by atoms with Gasteiger partial charge in [-0.15, -0.1) is 0 Å². The molecule has 0 N–H and O–H groups in total. The maximum absolute atomic E-state index is 5.52. The summed E-state index contributed by atoms with van der Waals surface area (Å²) in [4.78, 5) is 2.54. The highest BCUT2D eigenvalue weighted by atomic mass is 16.7. The van der Waals surface area contributed by atoms with Gasteiger partial charge in [0.2, 0.25) is 0 Å². The van der Waals surface area contributed by atoms with Crippen molar-refractivity contribution in [3.05, 3.63) is 0 Å². The van der Waals surface area contributed by atoms with Gasteiger partial charge in [0.05, 0.1) is 13.2 Å². The topological polar surface area (TPSA) is 21.7 Å². The average Bonchev–Trinajstić information content (AvgIpc) is 3.05. The Hall–Kier alpha value is -0.120. The SMILES string of the molecule is CCN(CCC1OCCCO1)C1CC1. The normalized spacial score (nSPS) is 24.4. The highest BCUT2D eigenvalue weighted by Crippen LogP contribution is 2.26. The molecule has 1 heterocycles. The van der Waals surface area contributed by atoms with Crippen molar-refractivity contribution in [2.75, 3.05) is 26.3 Å². The molecule has 0 aromatic carbocycles. The van der Waals surface area contributed by atoms with Gasteiger partial charge in [-0.3, -0.25) is 0 Å². The molecule has 0 unspecified atom stereocenters. The fourth-order valence-electron chi connectivity index (χ4n) is 2.01. The van der Waals surface area contributed by atoms with E-state index in [1.54, 1.807) is 0 Å². The summed E-state index contributed by atoms with van der Waals surface area (Å²) in [5.41, 5.74) is 0. The summed E-state index contributed by atoms with van der Waals surface area (Å²) in [6.45, 7) is 6.28. The first-order valence-electron chi connectivity index (χ1n) is 5.87. The Labute approximate surface area is 86.4 Å². The summed E-state index contributed by atoms with van der Waals surface area (Å²) < 4.78 is 11.0. The molecule has 3 heteroatoms. The molecular formula is C11H21NO2. The molecule has 0 spiro atoms. The van der Waals surface area contributed by atoms with Crippen LogP contribution in [0.15, 0.2) is 0 Å². The smallest absolute Gasteiger partial charge is 0.158 e. The Bertz CT molecular complexity index is 165. The molecule has 14 heavy (non-hydrogen) atoms. The quantitative estimate of drug-likeness (QED) is 0.671. The summed E-state index contributed by atoms with van der Waals surface area (Å²) in [7, 11) is 0. The van der Waals surface area contributed by atoms with Crippen molar-refractivity contribution in [2.24, 2.45) is 0 Å². The Morgan fingerprint density at radius 1 is 1.21 bits per heavy atom. The van der Waals surface area contributed by atoms with E-state index in [0.29, 0.717) is 0 Å². The molecule has 0 amide bonds. The van der Waals surface area contributed by atoms with Gasteiger partial charge < -0.3 is 14.4 Å². The molecule has 0 aromatic rings. The van der Waals surface area contributed by atoms with Crippen LogP contribution in [0.1, 0.15) is 32.6 Å². The third kappa shape index (κ3) is 2.94. The van der Waals surface area contributed by atoms with E-state index in [1.807, 2.05) is 0 Å².